The van der Waals surface area contributed by atoms with Crippen molar-refractivity contribution in [3.8, 4) is 11.4 Å². The molecule has 2 aliphatic rings. The second-order valence-corrected chi connectivity index (χ2v) is 12.1. The first kappa shape index (κ1) is 30.1. The monoisotopic (exact) mass is 604 g/mol. The van der Waals surface area contributed by atoms with Crippen LogP contribution in [0.1, 0.15) is 55.6 Å². The van der Waals surface area contributed by atoms with Gasteiger partial charge in [0.1, 0.15) is 5.82 Å². The smallest absolute Gasteiger partial charge is 0.384 e. The third-order valence-electron chi connectivity index (χ3n) is 9.16. The molecule has 0 saturated carbocycles. The number of nitrogens with zero attached hydrogens (tertiary/aromatic N) is 5. The molecule has 0 atom stereocenters. The number of carbonyl (C=O) groups excluding carboxylic acids is 1. The number of nitrogens with two attached hydrogens (primary N) is 1. The minimum absolute atomic E-state index is 0.00379. The van der Waals surface area contributed by atoms with Crippen molar-refractivity contribution in [2.45, 2.75) is 63.7 Å². The number of piperidine rings is 2. The zero-order valence-electron chi connectivity index (χ0n) is 24.8. The number of alkyl halides is 3. The zero-order chi connectivity index (χ0) is 30.7. The highest BCUT2D eigenvalue weighted by atomic mass is 19.4. The van der Waals surface area contributed by atoms with Crippen LogP contribution >= 0.6 is 0 Å². The second kappa shape index (κ2) is 13.0. The molecule has 0 spiro atoms. The third-order valence-corrected chi connectivity index (χ3v) is 9.16. The second-order valence-electron chi connectivity index (χ2n) is 12.1. The highest BCUT2D eigenvalue weighted by molar-refractivity contribution is 5.92. The van der Waals surface area contributed by atoms with E-state index >= 15 is 0 Å². The van der Waals surface area contributed by atoms with Crippen LogP contribution in [-0.2, 0) is 17.9 Å². The normalized spacial score (nSPS) is 17.4. The van der Waals surface area contributed by atoms with Crippen LogP contribution in [0.25, 0.3) is 22.3 Å². The van der Waals surface area contributed by atoms with E-state index in [1.807, 2.05) is 58.0 Å². The van der Waals surface area contributed by atoms with Gasteiger partial charge in [0.2, 0.25) is 5.91 Å². The SMILES string of the molecule is Nc1cc(CN2CCC(C(=O)N3CCC(c4c(-c5ccccn5)n(CCCC(F)(F)F)c5ccccc45)CC3)CC2)ccn1. The molecule has 2 saturated heterocycles. The van der Waals surface area contributed by atoms with Crippen molar-refractivity contribution >= 4 is 22.6 Å². The van der Waals surface area contributed by atoms with Crippen molar-refractivity contribution in [3.05, 3.63) is 78.1 Å². The van der Waals surface area contributed by atoms with Crippen LogP contribution in [0.2, 0.25) is 0 Å². The van der Waals surface area contributed by atoms with E-state index in [9.17, 15) is 18.0 Å². The lowest BCUT2D eigenvalue weighted by atomic mass is 9.85. The summed E-state index contributed by atoms with van der Waals surface area (Å²) in [7, 11) is 0. The Morgan fingerprint density at radius 2 is 1.66 bits per heavy atom. The Morgan fingerprint density at radius 3 is 2.36 bits per heavy atom. The number of para-hydroxylation sites is 1. The number of anilines is 1. The summed E-state index contributed by atoms with van der Waals surface area (Å²) in [6, 6.07) is 17.6. The van der Waals surface area contributed by atoms with Gasteiger partial charge in [-0.2, -0.15) is 13.2 Å². The van der Waals surface area contributed by atoms with Crippen molar-refractivity contribution in [1.29, 1.82) is 0 Å². The van der Waals surface area contributed by atoms with E-state index in [0.29, 0.717) is 18.9 Å². The van der Waals surface area contributed by atoms with Gasteiger partial charge in [0, 0.05) is 61.8 Å². The maximum absolute atomic E-state index is 13.6. The Hall–Kier alpha value is -3.92. The van der Waals surface area contributed by atoms with Crippen molar-refractivity contribution in [2.24, 2.45) is 5.92 Å². The Bertz CT molecular complexity index is 1570. The molecule has 3 aromatic heterocycles. The largest absolute Gasteiger partial charge is 0.389 e. The van der Waals surface area contributed by atoms with Gasteiger partial charge in [0.05, 0.1) is 11.4 Å². The predicted molar refractivity (Wildman–Crippen MR) is 166 cm³/mol. The molecular weight excluding hydrogens is 565 g/mol. The highest BCUT2D eigenvalue weighted by Crippen LogP contribution is 2.42. The fourth-order valence-corrected chi connectivity index (χ4v) is 7.03. The van der Waals surface area contributed by atoms with Crippen LogP contribution in [-0.4, -0.2) is 62.6 Å². The van der Waals surface area contributed by atoms with Gasteiger partial charge in [-0.3, -0.25) is 14.7 Å². The fourth-order valence-electron chi connectivity index (χ4n) is 7.03. The van der Waals surface area contributed by atoms with E-state index in [4.69, 9.17) is 5.73 Å². The number of hydrogen-bond acceptors (Lipinski definition) is 5. The predicted octanol–water partition coefficient (Wildman–Crippen LogP) is 6.64. The number of nitrogen functional groups attached to an aromatic ring is 1. The molecule has 44 heavy (non-hydrogen) atoms. The number of halogens is 3. The van der Waals surface area contributed by atoms with Crippen LogP contribution in [0.3, 0.4) is 0 Å². The number of fused-ring (bicyclic) bond motifs is 1. The Kier molecular flexibility index (Phi) is 8.88. The standard InChI is InChI=1S/C34H39F3N6O/c35-34(36,37)14-5-17-43-29-8-2-1-6-27(29)31(32(43)28-7-3-4-15-39-28)25-12-20-42(21-13-25)33(44)26-10-18-41(19-11-26)23-24-9-16-40-30(38)22-24/h1-4,6-9,15-16,22,25-26H,5,10-14,17-21,23H2,(H2,38,40). The lowest BCUT2D eigenvalue weighted by Gasteiger charge is -2.37. The summed E-state index contributed by atoms with van der Waals surface area (Å²) in [5, 5.41) is 1.06. The molecule has 1 amide bonds. The van der Waals surface area contributed by atoms with Crippen LogP contribution in [0.4, 0.5) is 19.0 Å². The molecule has 2 fully saturated rings. The number of carbonyl (C=O) groups is 1. The topological polar surface area (TPSA) is 80.3 Å². The van der Waals surface area contributed by atoms with Gasteiger partial charge in [0.25, 0.3) is 0 Å². The summed E-state index contributed by atoms with van der Waals surface area (Å²) in [5.41, 5.74) is 10.7. The number of rotatable bonds is 8. The lowest BCUT2D eigenvalue weighted by molar-refractivity contribution is -0.138. The molecular formula is C34H39F3N6O. The first-order chi connectivity index (χ1) is 21.3. The first-order valence-electron chi connectivity index (χ1n) is 15.6. The van der Waals surface area contributed by atoms with Crippen LogP contribution in [0.15, 0.2) is 67.0 Å². The zero-order valence-corrected chi connectivity index (χ0v) is 24.8. The molecule has 5 heterocycles. The van der Waals surface area contributed by atoms with Crippen molar-refractivity contribution in [3.63, 3.8) is 0 Å². The molecule has 0 aliphatic carbocycles. The van der Waals surface area contributed by atoms with Crippen LogP contribution in [0, 0.1) is 5.92 Å². The molecule has 0 bridgehead atoms. The minimum Gasteiger partial charge on any atom is -0.384 e. The van der Waals surface area contributed by atoms with Gasteiger partial charge in [-0.15, -0.1) is 0 Å². The van der Waals surface area contributed by atoms with Crippen LogP contribution in [0.5, 0.6) is 0 Å². The first-order valence-corrected chi connectivity index (χ1v) is 15.6. The van der Waals surface area contributed by atoms with Crippen molar-refractivity contribution in [1.82, 2.24) is 24.3 Å². The van der Waals surface area contributed by atoms with E-state index < -0.39 is 12.6 Å². The number of aryl methyl sites for hydroxylation is 1. The van der Waals surface area contributed by atoms with Gasteiger partial charge in [-0.25, -0.2) is 4.98 Å². The molecule has 0 unspecified atom stereocenters. The maximum Gasteiger partial charge on any atom is 0.389 e. The van der Waals surface area contributed by atoms with E-state index in [0.717, 1.165) is 78.7 Å². The minimum atomic E-state index is -4.19. The third kappa shape index (κ3) is 6.75. The summed E-state index contributed by atoms with van der Waals surface area (Å²) < 4.78 is 41.3. The highest BCUT2D eigenvalue weighted by Gasteiger charge is 2.34. The van der Waals surface area contributed by atoms with Gasteiger partial charge >= 0.3 is 6.18 Å². The number of benzene rings is 1. The number of pyridine rings is 2. The number of hydrogen-bond donors (Lipinski definition) is 1. The van der Waals surface area contributed by atoms with Gasteiger partial charge in [-0.05, 0) is 92.6 Å². The summed E-state index contributed by atoms with van der Waals surface area (Å²) >= 11 is 0. The molecule has 4 aromatic rings. The summed E-state index contributed by atoms with van der Waals surface area (Å²) in [4.78, 5) is 26.7. The molecule has 2 aliphatic heterocycles. The van der Waals surface area contributed by atoms with Crippen molar-refractivity contribution < 1.29 is 18.0 Å². The Labute approximate surface area is 255 Å². The molecule has 10 heteroatoms. The summed E-state index contributed by atoms with van der Waals surface area (Å²) in [6.45, 7) is 4.16. The van der Waals surface area contributed by atoms with E-state index in [1.165, 1.54) is 0 Å². The lowest BCUT2D eigenvalue weighted by Crippen LogP contribution is -2.45. The number of likely N-dealkylation sites (tertiary alicyclic amines) is 2. The molecule has 232 valence electrons. The average molecular weight is 605 g/mol. The quantitative estimate of drug-likeness (QED) is 0.244. The molecule has 7 nitrogen and oxygen atoms in total. The molecule has 6 rings (SSSR count). The van der Waals surface area contributed by atoms with Gasteiger partial charge in [-0.1, -0.05) is 24.3 Å². The van der Waals surface area contributed by atoms with Gasteiger partial charge in [0.15, 0.2) is 0 Å². The summed E-state index contributed by atoms with van der Waals surface area (Å²) in [6.07, 6.45) is 1.75. The number of amides is 1. The van der Waals surface area contributed by atoms with Gasteiger partial charge < -0.3 is 15.2 Å². The van der Waals surface area contributed by atoms with E-state index in [1.54, 1.807) is 12.4 Å². The fraction of sp³-hybridized carbons (Fsp3) is 0.441. The molecule has 0 radical (unpaired) electrons. The summed E-state index contributed by atoms with van der Waals surface area (Å²) in [5.74, 6) is 0.981. The number of aromatic nitrogens is 3. The Balaban J connectivity index is 1.16. The van der Waals surface area contributed by atoms with E-state index in [2.05, 4.69) is 20.9 Å². The van der Waals surface area contributed by atoms with E-state index in [-0.39, 0.29) is 30.7 Å². The Morgan fingerprint density at radius 1 is 0.909 bits per heavy atom. The molecule has 2 N–H and O–H groups in total. The average Bonchev–Trinajstić information content (AvgIpc) is 3.35. The van der Waals surface area contributed by atoms with Crippen LogP contribution < -0.4 is 5.73 Å². The van der Waals surface area contributed by atoms with Crippen molar-refractivity contribution in [2.75, 3.05) is 31.9 Å². The molecule has 1 aromatic carbocycles. The maximum atomic E-state index is 13.6.